The summed E-state index contributed by atoms with van der Waals surface area (Å²) >= 11 is 0. The second kappa shape index (κ2) is 6.74. The first-order valence-corrected chi connectivity index (χ1v) is 11.1. The van der Waals surface area contributed by atoms with Gasteiger partial charge in [0.15, 0.2) is 0 Å². The lowest BCUT2D eigenvalue weighted by molar-refractivity contribution is 0.293. The molecule has 0 radical (unpaired) electrons. The standard InChI is InChI=1S/C21H21N3O3S/c22-28(25,16-6-7-16)17-3-1-2-14(12-17)13-26-19-9-11-23-20-18(19)8-10-24-21(20)27-15-4-5-15/h1-3,8-12,15-16,22H,4-7,13H2. The van der Waals surface area contributed by atoms with Gasteiger partial charge in [0.2, 0.25) is 5.88 Å². The van der Waals surface area contributed by atoms with Crippen LogP contribution in [-0.2, 0) is 16.3 Å². The summed E-state index contributed by atoms with van der Waals surface area (Å²) in [5, 5.41) is 0.858. The Balaban J connectivity index is 1.39. The van der Waals surface area contributed by atoms with Gasteiger partial charge in [-0.3, -0.25) is 4.98 Å². The van der Waals surface area contributed by atoms with Crippen LogP contribution < -0.4 is 9.47 Å². The Morgan fingerprint density at radius 3 is 2.68 bits per heavy atom. The molecule has 0 amide bonds. The summed E-state index contributed by atoms with van der Waals surface area (Å²) in [5.41, 5.74) is 1.59. The average molecular weight is 395 g/mol. The van der Waals surface area contributed by atoms with Crippen LogP contribution in [0.2, 0.25) is 0 Å². The van der Waals surface area contributed by atoms with Gasteiger partial charge in [-0.25, -0.2) is 14.0 Å². The fraction of sp³-hybridized carbons (Fsp3) is 0.333. The molecule has 144 valence electrons. The number of hydrogen-bond donors (Lipinski definition) is 1. The van der Waals surface area contributed by atoms with Crippen molar-refractivity contribution in [2.75, 3.05) is 0 Å². The van der Waals surface area contributed by atoms with Gasteiger partial charge in [-0.15, -0.1) is 0 Å². The van der Waals surface area contributed by atoms with E-state index in [1.807, 2.05) is 30.3 Å². The number of rotatable bonds is 7. The summed E-state index contributed by atoms with van der Waals surface area (Å²) in [6.45, 7) is 0.328. The molecule has 0 aliphatic heterocycles. The van der Waals surface area contributed by atoms with Gasteiger partial charge >= 0.3 is 0 Å². The van der Waals surface area contributed by atoms with E-state index in [-0.39, 0.29) is 11.4 Å². The topological polar surface area (TPSA) is 85.2 Å². The number of nitrogens with zero attached hydrogens (tertiary/aromatic N) is 2. The molecule has 1 atom stereocenters. The maximum absolute atomic E-state index is 12.7. The summed E-state index contributed by atoms with van der Waals surface area (Å²) in [5.74, 6) is 1.25. The molecule has 5 rings (SSSR count). The highest BCUT2D eigenvalue weighted by Gasteiger charge is 2.33. The zero-order chi connectivity index (χ0) is 19.1. The zero-order valence-corrected chi connectivity index (χ0v) is 16.2. The fourth-order valence-corrected chi connectivity index (χ4v) is 4.95. The number of aromatic nitrogens is 2. The Bertz CT molecular complexity index is 1140. The minimum Gasteiger partial charge on any atom is -0.488 e. The minimum atomic E-state index is -2.71. The summed E-state index contributed by atoms with van der Waals surface area (Å²) in [4.78, 5) is 9.33. The number of pyridine rings is 2. The monoisotopic (exact) mass is 395 g/mol. The van der Waals surface area contributed by atoms with Crippen LogP contribution in [0.5, 0.6) is 11.6 Å². The number of benzene rings is 1. The second-order valence-corrected chi connectivity index (χ2v) is 9.71. The molecule has 0 saturated heterocycles. The van der Waals surface area contributed by atoms with Crippen LogP contribution in [0.15, 0.2) is 53.7 Å². The molecule has 6 nitrogen and oxygen atoms in total. The van der Waals surface area contributed by atoms with E-state index in [1.165, 1.54) is 0 Å². The molecule has 2 aliphatic carbocycles. The van der Waals surface area contributed by atoms with E-state index in [1.54, 1.807) is 18.5 Å². The van der Waals surface area contributed by atoms with E-state index >= 15 is 0 Å². The van der Waals surface area contributed by atoms with Gasteiger partial charge in [0.25, 0.3) is 0 Å². The first-order chi connectivity index (χ1) is 13.6. The van der Waals surface area contributed by atoms with Crippen molar-refractivity contribution in [1.82, 2.24) is 9.97 Å². The van der Waals surface area contributed by atoms with Crippen LogP contribution in [0.4, 0.5) is 0 Å². The van der Waals surface area contributed by atoms with Crippen molar-refractivity contribution in [3.05, 3.63) is 54.4 Å². The van der Waals surface area contributed by atoms with Gasteiger partial charge in [0, 0.05) is 27.9 Å². The van der Waals surface area contributed by atoms with Crippen LogP contribution in [0.1, 0.15) is 31.2 Å². The predicted molar refractivity (Wildman–Crippen MR) is 106 cm³/mol. The van der Waals surface area contributed by atoms with Crippen LogP contribution in [-0.4, -0.2) is 25.5 Å². The van der Waals surface area contributed by atoms with E-state index in [9.17, 15) is 4.21 Å². The third kappa shape index (κ3) is 3.42. The quantitative estimate of drug-likeness (QED) is 0.644. The first kappa shape index (κ1) is 17.4. The van der Waals surface area contributed by atoms with Gasteiger partial charge in [0.05, 0.1) is 9.73 Å². The number of hydrogen-bond acceptors (Lipinski definition) is 6. The predicted octanol–water partition coefficient (Wildman–Crippen LogP) is 4.32. The summed E-state index contributed by atoms with van der Waals surface area (Å²) in [6.07, 6.45) is 7.53. The van der Waals surface area contributed by atoms with E-state index in [2.05, 4.69) is 9.97 Å². The Hall–Kier alpha value is -2.67. The molecule has 28 heavy (non-hydrogen) atoms. The van der Waals surface area contributed by atoms with E-state index in [0.29, 0.717) is 28.6 Å². The normalized spacial score (nSPS) is 18.6. The zero-order valence-electron chi connectivity index (χ0n) is 15.3. The van der Waals surface area contributed by atoms with Crippen molar-refractivity contribution in [2.24, 2.45) is 0 Å². The Morgan fingerprint density at radius 1 is 1.07 bits per heavy atom. The second-order valence-electron chi connectivity index (χ2n) is 7.37. The smallest absolute Gasteiger partial charge is 0.240 e. The molecule has 0 bridgehead atoms. The molecule has 2 saturated carbocycles. The maximum atomic E-state index is 12.7. The summed E-state index contributed by atoms with van der Waals surface area (Å²) in [7, 11) is -2.71. The molecule has 2 fully saturated rings. The van der Waals surface area contributed by atoms with Crippen molar-refractivity contribution in [3.63, 3.8) is 0 Å². The highest BCUT2D eigenvalue weighted by molar-refractivity contribution is 7.93. The summed E-state index contributed by atoms with van der Waals surface area (Å²) < 4.78 is 32.8. The lowest BCUT2D eigenvalue weighted by Gasteiger charge is -2.12. The fourth-order valence-electron chi connectivity index (χ4n) is 3.16. The molecule has 2 aromatic heterocycles. The van der Waals surface area contributed by atoms with Crippen LogP contribution in [0.25, 0.3) is 10.9 Å². The largest absolute Gasteiger partial charge is 0.488 e. The van der Waals surface area contributed by atoms with Gasteiger partial charge in [0.1, 0.15) is 24.0 Å². The summed E-state index contributed by atoms with van der Waals surface area (Å²) in [6, 6.07) is 11.1. The molecule has 7 heteroatoms. The van der Waals surface area contributed by atoms with Crippen molar-refractivity contribution >= 4 is 20.6 Å². The molecule has 1 N–H and O–H groups in total. The van der Waals surface area contributed by atoms with Crippen molar-refractivity contribution in [3.8, 4) is 11.6 Å². The molecular formula is C21H21N3O3S. The highest BCUT2D eigenvalue weighted by Crippen LogP contribution is 2.35. The third-order valence-corrected chi connectivity index (χ3v) is 7.39. The SMILES string of the molecule is N=S(=O)(c1cccc(COc2ccnc3c(OC4CC4)nccc23)c1)C1CC1. The van der Waals surface area contributed by atoms with Gasteiger partial charge < -0.3 is 9.47 Å². The van der Waals surface area contributed by atoms with Gasteiger partial charge in [-0.05, 0) is 55.5 Å². The first-order valence-electron chi connectivity index (χ1n) is 9.51. The van der Waals surface area contributed by atoms with E-state index < -0.39 is 9.73 Å². The minimum absolute atomic E-state index is 0.00481. The molecule has 1 aromatic carbocycles. The molecule has 3 aromatic rings. The molecule has 1 unspecified atom stereocenters. The van der Waals surface area contributed by atoms with Crippen molar-refractivity contribution in [2.45, 2.75) is 48.5 Å². The molecule has 2 heterocycles. The molecule has 2 aliphatic rings. The lowest BCUT2D eigenvalue weighted by Crippen LogP contribution is -2.06. The number of nitrogens with one attached hydrogen (secondary N) is 1. The van der Waals surface area contributed by atoms with E-state index in [0.717, 1.165) is 36.6 Å². The van der Waals surface area contributed by atoms with E-state index in [4.69, 9.17) is 14.3 Å². The number of fused-ring (bicyclic) bond motifs is 1. The third-order valence-electron chi connectivity index (χ3n) is 5.03. The highest BCUT2D eigenvalue weighted by atomic mass is 32.2. The number of ether oxygens (including phenoxy) is 2. The Labute approximate surface area is 163 Å². The van der Waals surface area contributed by atoms with Crippen LogP contribution in [0.3, 0.4) is 0 Å². The van der Waals surface area contributed by atoms with Gasteiger partial charge in [-0.1, -0.05) is 12.1 Å². The van der Waals surface area contributed by atoms with Crippen LogP contribution in [0, 0.1) is 4.78 Å². The Kier molecular flexibility index (Phi) is 4.19. The van der Waals surface area contributed by atoms with Crippen molar-refractivity contribution in [1.29, 1.82) is 4.78 Å². The molecular weight excluding hydrogens is 374 g/mol. The molecule has 0 spiro atoms. The van der Waals surface area contributed by atoms with Gasteiger partial charge in [-0.2, -0.15) is 0 Å². The maximum Gasteiger partial charge on any atom is 0.240 e. The lowest BCUT2D eigenvalue weighted by atomic mass is 10.2. The Morgan fingerprint density at radius 2 is 1.89 bits per heavy atom. The average Bonchev–Trinajstić information content (AvgIpc) is 3.61. The van der Waals surface area contributed by atoms with Crippen LogP contribution >= 0.6 is 0 Å². The van der Waals surface area contributed by atoms with Crippen molar-refractivity contribution < 1.29 is 13.7 Å².